The number of carbonyl (C=O) groups excluding carboxylic acids is 3. The second-order valence-electron chi connectivity index (χ2n) is 15.8. The number of hydrogen-bond acceptors (Lipinski definition) is 4. The quantitative estimate of drug-likeness (QED) is 0.326. The second-order valence-corrected chi connectivity index (χ2v) is 15.8. The molecule has 2 aliphatic heterocycles. The predicted octanol–water partition coefficient (Wildman–Crippen LogP) is 7.38. The molecule has 218 valence electrons. The van der Waals surface area contributed by atoms with Crippen LogP contribution in [0.5, 0.6) is 0 Å². The number of imide groups is 1. The number of rotatable bonds is 0. The molecule has 0 bridgehead atoms. The van der Waals surface area contributed by atoms with Crippen LogP contribution in [0.2, 0.25) is 0 Å². The molecule has 6 nitrogen and oxygen atoms in total. The fourth-order valence-electron chi connectivity index (χ4n) is 7.49. The first-order valence-corrected chi connectivity index (χ1v) is 15.2. The maximum Gasteiger partial charge on any atom is 0.264 e. The molecule has 3 fully saturated rings. The lowest BCUT2D eigenvalue weighted by molar-refractivity contribution is -0.207. The minimum absolute atomic E-state index is 0.0798. The maximum absolute atomic E-state index is 14.6. The van der Waals surface area contributed by atoms with Gasteiger partial charge in [0.2, 0.25) is 11.8 Å². The molecule has 0 radical (unpaired) electrons. The molecule has 1 aliphatic carbocycles. The van der Waals surface area contributed by atoms with E-state index in [1.165, 1.54) is 32.1 Å². The molecule has 1 saturated carbocycles. The Morgan fingerprint density at radius 2 is 1.03 bits per heavy atom. The highest BCUT2D eigenvalue weighted by atomic mass is 16.6. The molecular weight excluding hydrogens is 476 g/mol. The van der Waals surface area contributed by atoms with Crippen LogP contribution in [0.3, 0.4) is 0 Å². The van der Waals surface area contributed by atoms with E-state index in [0.29, 0.717) is 25.7 Å². The standard InChI is InChI=1S/C32H56N2O4/c1-27(2,3)24(35)33-26(37)31(38-32(33)20-18-16-14-12-11-13-15-17-19-21-32)22-29(7,8)34(30(9,10)23-31)25(36)28(4,5)6/h11-23H2,1-10H3. The number of likely N-dealkylation sites (tertiary alicyclic amines) is 1. The molecular formula is C32H56N2O4. The summed E-state index contributed by atoms with van der Waals surface area (Å²) in [5, 5.41) is 0. The minimum atomic E-state index is -1.13. The van der Waals surface area contributed by atoms with E-state index in [4.69, 9.17) is 4.74 Å². The highest BCUT2D eigenvalue weighted by Crippen LogP contribution is 2.55. The minimum Gasteiger partial charge on any atom is -0.339 e. The summed E-state index contributed by atoms with van der Waals surface area (Å²) in [5.41, 5.74) is -4.51. The number of piperidine rings is 1. The Kier molecular flexibility index (Phi) is 8.61. The molecule has 0 aromatic rings. The molecule has 2 saturated heterocycles. The summed E-state index contributed by atoms with van der Waals surface area (Å²) in [5.74, 6) is -0.250. The van der Waals surface area contributed by atoms with Crippen molar-refractivity contribution in [3.05, 3.63) is 0 Å². The largest absolute Gasteiger partial charge is 0.339 e. The van der Waals surface area contributed by atoms with Crippen LogP contribution in [0.1, 0.15) is 153 Å². The van der Waals surface area contributed by atoms with Crippen molar-refractivity contribution in [2.75, 3.05) is 0 Å². The van der Waals surface area contributed by atoms with E-state index in [1.54, 1.807) is 4.90 Å². The summed E-state index contributed by atoms with van der Waals surface area (Å²) >= 11 is 0. The van der Waals surface area contributed by atoms with Gasteiger partial charge in [0.15, 0.2) is 11.3 Å². The lowest BCUT2D eigenvalue weighted by Crippen LogP contribution is -2.70. The van der Waals surface area contributed by atoms with Gasteiger partial charge in [-0.25, -0.2) is 4.90 Å². The van der Waals surface area contributed by atoms with Gasteiger partial charge in [0.05, 0.1) is 0 Å². The molecule has 3 rings (SSSR count). The summed E-state index contributed by atoms with van der Waals surface area (Å²) in [4.78, 5) is 45.9. The first kappa shape index (κ1) is 31.1. The van der Waals surface area contributed by atoms with Gasteiger partial charge >= 0.3 is 0 Å². The number of ether oxygens (including phenoxy) is 1. The third-order valence-electron chi connectivity index (χ3n) is 8.86. The van der Waals surface area contributed by atoms with Crippen molar-refractivity contribution in [1.82, 2.24) is 9.80 Å². The van der Waals surface area contributed by atoms with Gasteiger partial charge in [0.1, 0.15) is 0 Å². The smallest absolute Gasteiger partial charge is 0.264 e. The average molecular weight is 533 g/mol. The molecule has 2 spiro atoms. The Labute approximate surface area is 232 Å². The molecule has 3 amide bonds. The Morgan fingerprint density at radius 1 is 0.658 bits per heavy atom. The van der Waals surface area contributed by atoms with Crippen LogP contribution >= 0.6 is 0 Å². The van der Waals surface area contributed by atoms with E-state index in [-0.39, 0.29) is 17.7 Å². The summed E-state index contributed by atoms with van der Waals surface area (Å²) in [6.07, 6.45) is 12.4. The average Bonchev–Trinajstić information content (AvgIpc) is 2.94. The molecule has 0 atom stereocenters. The van der Waals surface area contributed by atoms with Crippen molar-refractivity contribution < 1.29 is 19.1 Å². The highest BCUT2D eigenvalue weighted by molar-refractivity contribution is 6.04. The normalized spacial score (nSPS) is 26.2. The van der Waals surface area contributed by atoms with Gasteiger partial charge in [-0.1, -0.05) is 86.5 Å². The molecule has 3 aliphatic rings. The molecule has 0 aromatic heterocycles. The third kappa shape index (κ3) is 6.00. The lowest BCUT2D eigenvalue weighted by atomic mass is 9.69. The Hall–Kier alpha value is -1.43. The van der Waals surface area contributed by atoms with Crippen LogP contribution in [-0.4, -0.2) is 49.9 Å². The van der Waals surface area contributed by atoms with Crippen LogP contribution in [0, 0.1) is 10.8 Å². The highest BCUT2D eigenvalue weighted by Gasteiger charge is 2.68. The number of amides is 3. The third-order valence-corrected chi connectivity index (χ3v) is 8.86. The first-order valence-electron chi connectivity index (χ1n) is 15.2. The molecule has 2 heterocycles. The summed E-state index contributed by atoms with van der Waals surface area (Å²) in [6, 6.07) is 0. The van der Waals surface area contributed by atoms with E-state index in [0.717, 1.165) is 25.7 Å². The van der Waals surface area contributed by atoms with Crippen LogP contribution in [0.15, 0.2) is 0 Å². The van der Waals surface area contributed by atoms with Gasteiger partial charge in [-0.2, -0.15) is 0 Å². The lowest BCUT2D eigenvalue weighted by Gasteiger charge is -2.58. The zero-order valence-electron chi connectivity index (χ0n) is 26.2. The zero-order valence-corrected chi connectivity index (χ0v) is 26.2. The Morgan fingerprint density at radius 3 is 1.39 bits per heavy atom. The predicted molar refractivity (Wildman–Crippen MR) is 152 cm³/mol. The van der Waals surface area contributed by atoms with Crippen LogP contribution in [0.25, 0.3) is 0 Å². The maximum atomic E-state index is 14.6. The van der Waals surface area contributed by atoms with Crippen molar-refractivity contribution in [3.8, 4) is 0 Å². The number of nitrogens with zero attached hydrogens (tertiary/aromatic N) is 2. The van der Waals surface area contributed by atoms with E-state index in [2.05, 4.69) is 27.7 Å². The topological polar surface area (TPSA) is 66.9 Å². The molecule has 0 unspecified atom stereocenters. The molecule has 0 N–H and O–H groups in total. The van der Waals surface area contributed by atoms with Gasteiger partial charge in [-0.3, -0.25) is 14.4 Å². The van der Waals surface area contributed by atoms with Gasteiger partial charge in [0.25, 0.3) is 5.91 Å². The zero-order chi connectivity index (χ0) is 28.8. The summed E-state index contributed by atoms with van der Waals surface area (Å²) < 4.78 is 7.17. The monoisotopic (exact) mass is 532 g/mol. The molecule has 38 heavy (non-hydrogen) atoms. The van der Waals surface area contributed by atoms with E-state index in [9.17, 15) is 14.4 Å². The van der Waals surface area contributed by atoms with Gasteiger partial charge < -0.3 is 9.64 Å². The van der Waals surface area contributed by atoms with E-state index >= 15 is 0 Å². The van der Waals surface area contributed by atoms with Gasteiger partial charge in [-0.05, 0) is 53.4 Å². The van der Waals surface area contributed by atoms with Crippen molar-refractivity contribution in [2.24, 2.45) is 10.8 Å². The Bertz CT molecular complexity index is 875. The molecule has 6 heteroatoms. The van der Waals surface area contributed by atoms with Crippen molar-refractivity contribution >= 4 is 17.7 Å². The van der Waals surface area contributed by atoms with Crippen LogP contribution in [0.4, 0.5) is 0 Å². The number of carbonyl (C=O) groups is 3. The van der Waals surface area contributed by atoms with Crippen LogP contribution in [-0.2, 0) is 19.1 Å². The summed E-state index contributed by atoms with van der Waals surface area (Å²) in [6.45, 7) is 19.8. The fraction of sp³-hybridized carbons (Fsp3) is 0.906. The van der Waals surface area contributed by atoms with Crippen molar-refractivity contribution in [1.29, 1.82) is 0 Å². The first-order chi connectivity index (χ1) is 17.3. The van der Waals surface area contributed by atoms with E-state index in [1.807, 2.05) is 46.4 Å². The summed E-state index contributed by atoms with van der Waals surface area (Å²) in [7, 11) is 0. The van der Waals surface area contributed by atoms with Crippen molar-refractivity contribution in [2.45, 2.75) is 175 Å². The Balaban J connectivity index is 2.09. The van der Waals surface area contributed by atoms with Crippen LogP contribution < -0.4 is 0 Å². The van der Waals surface area contributed by atoms with E-state index < -0.39 is 33.2 Å². The fourth-order valence-corrected chi connectivity index (χ4v) is 7.49. The van der Waals surface area contributed by atoms with Gasteiger partial charge in [-0.15, -0.1) is 0 Å². The van der Waals surface area contributed by atoms with Crippen molar-refractivity contribution in [3.63, 3.8) is 0 Å². The number of hydrogen-bond donors (Lipinski definition) is 0. The second kappa shape index (κ2) is 10.5. The SMILES string of the molecule is CC(C)(C)C(=O)N1C(C)(C)CC2(CC1(C)C)OC1(CCCCCCCCCCC1)N(C(=O)C(C)(C)C)C2=O. The van der Waals surface area contributed by atoms with Gasteiger partial charge in [0, 0.05) is 34.7 Å². The molecule has 0 aromatic carbocycles.